The van der Waals surface area contributed by atoms with Gasteiger partial charge in [-0.3, -0.25) is 9.59 Å². The first kappa shape index (κ1) is 16.0. The molecule has 0 radical (unpaired) electrons. The first-order valence-electron chi connectivity index (χ1n) is 8.30. The number of hydrogen-bond donors (Lipinski definition) is 1. The van der Waals surface area contributed by atoms with Crippen molar-refractivity contribution in [2.24, 2.45) is 5.92 Å². The smallest absolute Gasteiger partial charge is 0.251 e. The summed E-state index contributed by atoms with van der Waals surface area (Å²) in [5, 5.41) is 3.28. The number of carbonyl (C=O) groups is 2. The number of carbonyl (C=O) groups excluding carboxylic acids is 2. The standard InChI is InChI=1S/C18H24N2O3/c1-20-13-18(10-7-16(20)21,15-8-11-23-12-9-15)19-17(22)14-5-3-2-4-6-14/h2-6,15H,7-13H2,1H3,(H,19,22). The van der Waals surface area contributed by atoms with Crippen LogP contribution in [0.4, 0.5) is 0 Å². The quantitative estimate of drug-likeness (QED) is 0.925. The maximum atomic E-state index is 12.7. The summed E-state index contributed by atoms with van der Waals surface area (Å²) in [7, 11) is 1.82. The van der Waals surface area contributed by atoms with Gasteiger partial charge in [0.25, 0.3) is 5.91 Å². The molecule has 124 valence electrons. The van der Waals surface area contributed by atoms with Crippen LogP contribution in [0.25, 0.3) is 0 Å². The minimum absolute atomic E-state index is 0.0557. The van der Waals surface area contributed by atoms with Gasteiger partial charge in [-0.15, -0.1) is 0 Å². The van der Waals surface area contributed by atoms with Crippen LogP contribution in [0, 0.1) is 5.92 Å². The fourth-order valence-corrected chi connectivity index (χ4v) is 3.79. The fourth-order valence-electron chi connectivity index (χ4n) is 3.79. The van der Waals surface area contributed by atoms with Crippen LogP contribution in [0.2, 0.25) is 0 Å². The molecule has 0 aromatic heterocycles. The van der Waals surface area contributed by atoms with E-state index >= 15 is 0 Å². The van der Waals surface area contributed by atoms with Gasteiger partial charge in [0.2, 0.25) is 5.91 Å². The predicted molar refractivity (Wildman–Crippen MR) is 87.1 cm³/mol. The molecule has 1 unspecified atom stereocenters. The van der Waals surface area contributed by atoms with E-state index in [1.807, 2.05) is 37.4 Å². The van der Waals surface area contributed by atoms with Crippen LogP contribution < -0.4 is 5.32 Å². The van der Waals surface area contributed by atoms with Gasteiger partial charge in [0.1, 0.15) is 0 Å². The van der Waals surface area contributed by atoms with Gasteiger partial charge < -0.3 is 15.0 Å². The Bertz CT molecular complexity index is 569. The van der Waals surface area contributed by atoms with Crippen molar-refractivity contribution in [3.05, 3.63) is 35.9 Å². The second-order valence-electron chi connectivity index (χ2n) is 6.61. The summed E-state index contributed by atoms with van der Waals surface area (Å²) in [6, 6.07) is 9.28. The summed E-state index contributed by atoms with van der Waals surface area (Å²) in [5.74, 6) is 0.445. The first-order chi connectivity index (χ1) is 11.1. The molecule has 1 aromatic rings. The molecular weight excluding hydrogens is 292 g/mol. The van der Waals surface area contributed by atoms with Crippen LogP contribution in [0.15, 0.2) is 30.3 Å². The predicted octanol–water partition coefficient (Wildman–Crippen LogP) is 1.83. The SMILES string of the molecule is CN1CC(NC(=O)c2ccccc2)(C2CCOCC2)CCC1=O. The molecule has 1 aromatic carbocycles. The molecule has 1 N–H and O–H groups in total. The van der Waals surface area contributed by atoms with Crippen molar-refractivity contribution in [3.63, 3.8) is 0 Å². The summed E-state index contributed by atoms with van der Waals surface area (Å²) < 4.78 is 5.48. The Morgan fingerprint density at radius 2 is 1.96 bits per heavy atom. The molecule has 2 amide bonds. The highest BCUT2D eigenvalue weighted by Crippen LogP contribution is 2.35. The number of likely N-dealkylation sites (N-methyl/N-ethyl adjacent to an activating group) is 1. The lowest BCUT2D eigenvalue weighted by Crippen LogP contribution is -2.63. The van der Waals surface area contributed by atoms with E-state index < -0.39 is 0 Å². The third kappa shape index (κ3) is 3.39. The monoisotopic (exact) mass is 316 g/mol. The molecule has 0 spiro atoms. The zero-order valence-electron chi connectivity index (χ0n) is 13.6. The van der Waals surface area contributed by atoms with Gasteiger partial charge in [0.05, 0.1) is 5.54 Å². The van der Waals surface area contributed by atoms with Crippen LogP contribution in [-0.4, -0.2) is 49.1 Å². The summed E-state index contributed by atoms with van der Waals surface area (Å²) in [6.45, 7) is 2.03. The van der Waals surface area contributed by atoms with Crippen molar-refractivity contribution in [3.8, 4) is 0 Å². The number of rotatable bonds is 3. The van der Waals surface area contributed by atoms with E-state index in [4.69, 9.17) is 4.74 Å². The number of nitrogens with zero attached hydrogens (tertiary/aromatic N) is 1. The van der Waals surface area contributed by atoms with Gasteiger partial charge in [0, 0.05) is 38.8 Å². The number of ether oxygens (including phenoxy) is 1. The normalized spacial score (nSPS) is 26.1. The third-order valence-corrected chi connectivity index (χ3v) is 5.13. The Labute approximate surface area is 137 Å². The second kappa shape index (κ2) is 6.71. The van der Waals surface area contributed by atoms with Gasteiger partial charge in [0.15, 0.2) is 0 Å². The highest BCUT2D eigenvalue weighted by Gasteiger charge is 2.45. The van der Waals surface area contributed by atoms with Crippen molar-refractivity contribution < 1.29 is 14.3 Å². The van der Waals surface area contributed by atoms with Crippen LogP contribution in [0.3, 0.4) is 0 Å². The van der Waals surface area contributed by atoms with E-state index in [-0.39, 0.29) is 17.4 Å². The number of piperidine rings is 1. The van der Waals surface area contributed by atoms with E-state index in [1.54, 1.807) is 4.90 Å². The minimum Gasteiger partial charge on any atom is -0.381 e. The van der Waals surface area contributed by atoms with Crippen LogP contribution >= 0.6 is 0 Å². The number of nitrogens with one attached hydrogen (secondary N) is 1. The molecular formula is C18H24N2O3. The highest BCUT2D eigenvalue weighted by atomic mass is 16.5. The topological polar surface area (TPSA) is 58.6 Å². The lowest BCUT2D eigenvalue weighted by Gasteiger charge is -2.48. The molecule has 0 bridgehead atoms. The van der Waals surface area contributed by atoms with Crippen molar-refractivity contribution in [1.82, 2.24) is 10.2 Å². The van der Waals surface area contributed by atoms with Gasteiger partial charge >= 0.3 is 0 Å². The summed E-state index contributed by atoms with van der Waals surface area (Å²) >= 11 is 0. The molecule has 2 heterocycles. The Morgan fingerprint density at radius 3 is 2.61 bits per heavy atom. The molecule has 0 aliphatic carbocycles. The van der Waals surface area contributed by atoms with Crippen molar-refractivity contribution >= 4 is 11.8 Å². The second-order valence-corrected chi connectivity index (χ2v) is 6.61. The van der Waals surface area contributed by atoms with Gasteiger partial charge in [-0.05, 0) is 37.3 Å². The minimum atomic E-state index is -0.348. The average Bonchev–Trinajstić information content (AvgIpc) is 2.60. The molecule has 1 atom stereocenters. The average molecular weight is 316 g/mol. The summed E-state index contributed by atoms with van der Waals surface area (Å²) in [5.41, 5.74) is 0.317. The Balaban J connectivity index is 1.83. The van der Waals surface area contributed by atoms with E-state index in [9.17, 15) is 9.59 Å². The fraction of sp³-hybridized carbons (Fsp3) is 0.556. The Kier molecular flexibility index (Phi) is 4.66. The number of benzene rings is 1. The Morgan fingerprint density at radius 1 is 1.26 bits per heavy atom. The van der Waals surface area contributed by atoms with E-state index in [0.29, 0.717) is 30.9 Å². The van der Waals surface area contributed by atoms with Crippen LogP contribution in [-0.2, 0) is 9.53 Å². The summed E-state index contributed by atoms with van der Waals surface area (Å²) in [4.78, 5) is 26.4. The number of hydrogen-bond acceptors (Lipinski definition) is 3. The van der Waals surface area contributed by atoms with Crippen LogP contribution in [0.1, 0.15) is 36.0 Å². The molecule has 2 aliphatic heterocycles. The molecule has 2 aliphatic rings. The van der Waals surface area contributed by atoms with E-state index in [0.717, 1.165) is 26.1 Å². The summed E-state index contributed by atoms with van der Waals surface area (Å²) in [6.07, 6.45) is 3.05. The van der Waals surface area contributed by atoms with Crippen LogP contribution in [0.5, 0.6) is 0 Å². The number of amides is 2. The molecule has 5 heteroatoms. The van der Waals surface area contributed by atoms with Crippen molar-refractivity contribution in [2.75, 3.05) is 26.8 Å². The highest BCUT2D eigenvalue weighted by molar-refractivity contribution is 5.95. The van der Waals surface area contributed by atoms with Crippen molar-refractivity contribution in [1.29, 1.82) is 0 Å². The van der Waals surface area contributed by atoms with Gasteiger partial charge in [-0.25, -0.2) is 0 Å². The van der Waals surface area contributed by atoms with Crippen molar-refractivity contribution in [2.45, 2.75) is 31.2 Å². The van der Waals surface area contributed by atoms with Gasteiger partial charge in [-0.2, -0.15) is 0 Å². The maximum Gasteiger partial charge on any atom is 0.251 e. The molecule has 5 nitrogen and oxygen atoms in total. The zero-order chi connectivity index (χ0) is 16.3. The molecule has 23 heavy (non-hydrogen) atoms. The zero-order valence-corrected chi connectivity index (χ0v) is 13.6. The maximum absolute atomic E-state index is 12.7. The number of likely N-dealkylation sites (tertiary alicyclic amines) is 1. The lowest BCUT2D eigenvalue weighted by molar-refractivity contribution is -0.135. The lowest BCUT2D eigenvalue weighted by atomic mass is 9.73. The molecule has 2 fully saturated rings. The molecule has 3 rings (SSSR count). The van der Waals surface area contributed by atoms with E-state index in [2.05, 4.69) is 5.32 Å². The first-order valence-corrected chi connectivity index (χ1v) is 8.30. The third-order valence-electron chi connectivity index (χ3n) is 5.13. The molecule has 2 saturated heterocycles. The molecule has 0 saturated carbocycles. The largest absolute Gasteiger partial charge is 0.381 e. The Hall–Kier alpha value is -1.88. The van der Waals surface area contributed by atoms with Gasteiger partial charge in [-0.1, -0.05) is 18.2 Å². The van der Waals surface area contributed by atoms with E-state index in [1.165, 1.54) is 0 Å².